The highest BCUT2D eigenvalue weighted by Crippen LogP contribution is 2.63. The van der Waals surface area contributed by atoms with Crippen LogP contribution in [0.5, 0.6) is 0 Å². The van der Waals surface area contributed by atoms with Crippen LogP contribution in [0, 0.1) is 41.4 Å². The minimum absolute atomic E-state index is 0.182. The van der Waals surface area contributed by atoms with Crippen LogP contribution in [0.4, 0.5) is 8.78 Å². The Morgan fingerprint density at radius 3 is 1.66 bits per heavy atom. The number of halogens is 2. The molecule has 8 aliphatic carbocycles. The van der Waals surface area contributed by atoms with E-state index in [1.807, 2.05) is 0 Å². The Bertz CT molecular complexity index is 801. The van der Waals surface area contributed by atoms with Gasteiger partial charge in [0.1, 0.15) is 6.10 Å². The minimum Gasteiger partial charge on any atom is -0.389 e. The summed E-state index contributed by atoms with van der Waals surface area (Å²) in [7, 11) is -5.28. The molecule has 2 N–H and O–H groups in total. The fraction of sp³-hybridized carbons (Fsp3) is 1.00. The maximum atomic E-state index is 15.6. The molecular weight excluding hydrogens is 402 g/mol. The van der Waals surface area contributed by atoms with E-state index in [-0.39, 0.29) is 30.6 Å². The zero-order chi connectivity index (χ0) is 20.4. The van der Waals surface area contributed by atoms with Crippen LogP contribution in [0.15, 0.2) is 0 Å². The van der Waals surface area contributed by atoms with Crippen molar-refractivity contribution in [2.75, 3.05) is 0 Å². The number of aliphatic hydroxyl groups is 2. The lowest BCUT2D eigenvalue weighted by molar-refractivity contribution is -0.225. The molecule has 0 amide bonds. The van der Waals surface area contributed by atoms with Gasteiger partial charge in [-0.25, -0.2) is 0 Å². The van der Waals surface area contributed by atoms with Crippen LogP contribution in [0.3, 0.4) is 0 Å². The van der Waals surface area contributed by atoms with Crippen molar-refractivity contribution < 1.29 is 31.6 Å². The summed E-state index contributed by atoms with van der Waals surface area (Å²) in [5, 5.41) is 18.0. The second-order valence-electron chi connectivity index (χ2n) is 11.4. The summed E-state index contributed by atoms with van der Waals surface area (Å²) in [6.45, 7) is 0. The Kier molecular flexibility index (Phi) is 3.83. The van der Waals surface area contributed by atoms with Crippen molar-refractivity contribution in [3.05, 3.63) is 0 Å². The summed E-state index contributed by atoms with van der Waals surface area (Å²) in [6, 6.07) is 0. The first-order valence-electron chi connectivity index (χ1n) is 11.2. The molecule has 5 nitrogen and oxygen atoms in total. The number of hydrogen-bond acceptors (Lipinski definition) is 5. The molecule has 8 rings (SSSR count). The van der Waals surface area contributed by atoms with Gasteiger partial charge in [-0.2, -0.15) is 17.2 Å². The molecule has 0 aromatic rings. The van der Waals surface area contributed by atoms with E-state index >= 15 is 8.78 Å². The number of hydrogen-bond donors (Lipinski definition) is 2. The van der Waals surface area contributed by atoms with Gasteiger partial charge in [-0.1, -0.05) is 0 Å². The van der Waals surface area contributed by atoms with Crippen molar-refractivity contribution >= 4 is 10.1 Å². The van der Waals surface area contributed by atoms with Gasteiger partial charge in [0.25, 0.3) is 0 Å². The van der Waals surface area contributed by atoms with Crippen LogP contribution in [-0.4, -0.2) is 41.2 Å². The SMILES string of the molecule is O=S(=O)(OC1C2CC3CC(C2)CC1(O)C3)C(F)(F)C1C2CC3CC(C2)CC1(O)C3. The molecule has 8 fully saturated rings. The second-order valence-corrected chi connectivity index (χ2v) is 13.1. The van der Waals surface area contributed by atoms with Gasteiger partial charge in [0.15, 0.2) is 0 Å². The third-order valence-electron chi connectivity index (χ3n) is 9.38. The largest absolute Gasteiger partial charge is 0.389 e. The van der Waals surface area contributed by atoms with Gasteiger partial charge in [0.2, 0.25) is 0 Å². The average Bonchev–Trinajstić information content (AvgIpc) is 2.55. The molecule has 8 heteroatoms. The average molecular weight is 433 g/mol. The normalized spacial score (nSPS) is 55.6. The molecule has 6 atom stereocenters. The first-order chi connectivity index (χ1) is 13.5. The van der Waals surface area contributed by atoms with Crippen LogP contribution < -0.4 is 0 Å². The number of alkyl halides is 2. The van der Waals surface area contributed by atoms with Crippen molar-refractivity contribution in [3.63, 3.8) is 0 Å². The molecule has 0 aromatic carbocycles. The fourth-order valence-electron chi connectivity index (χ4n) is 9.06. The van der Waals surface area contributed by atoms with Crippen LogP contribution in [-0.2, 0) is 14.3 Å². The Hall–Kier alpha value is -0.310. The molecular formula is C21H30F2O5S. The number of rotatable bonds is 4. The molecule has 0 aromatic heterocycles. The lowest BCUT2D eigenvalue weighted by Crippen LogP contribution is -2.66. The maximum absolute atomic E-state index is 15.6. The van der Waals surface area contributed by atoms with Crippen LogP contribution in [0.1, 0.15) is 64.2 Å². The van der Waals surface area contributed by atoms with E-state index in [0.717, 1.165) is 25.7 Å². The molecule has 0 heterocycles. The molecule has 0 spiro atoms. The predicted octanol–water partition coefficient (Wildman–Crippen LogP) is 3.05. The Morgan fingerprint density at radius 2 is 1.21 bits per heavy atom. The highest BCUT2D eigenvalue weighted by atomic mass is 32.2. The van der Waals surface area contributed by atoms with Crippen LogP contribution >= 0.6 is 0 Å². The van der Waals surface area contributed by atoms with Crippen LogP contribution in [0.25, 0.3) is 0 Å². The van der Waals surface area contributed by atoms with Gasteiger partial charge in [0.05, 0.1) is 17.1 Å². The highest BCUT2D eigenvalue weighted by molar-refractivity contribution is 7.87. The van der Waals surface area contributed by atoms with Gasteiger partial charge in [0, 0.05) is 0 Å². The monoisotopic (exact) mass is 432 g/mol. The molecule has 164 valence electrons. The first-order valence-corrected chi connectivity index (χ1v) is 12.7. The highest BCUT2D eigenvalue weighted by Gasteiger charge is 2.70. The molecule has 8 aliphatic rings. The zero-order valence-corrected chi connectivity index (χ0v) is 17.3. The topological polar surface area (TPSA) is 83.8 Å². The van der Waals surface area contributed by atoms with E-state index in [0.29, 0.717) is 37.5 Å². The van der Waals surface area contributed by atoms with E-state index in [4.69, 9.17) is 4.18 Å². The van der Waals surface area contributed by atoms with E-state index in [1.165, 1.54) is 0 Å². The Balaban J connectivity index is 1.30. The van der Waals surface area contributed by atoms with E-state index in [9.17, 15) is 18.6 Å². The lowest BCUT2D eigenvalue weighted by atomic mass is 9.49. The summed E-state index contributed by atoms with van der Waals surface area (Å²) in [5.74, 6) is -1.16. The molecule has 0 saturated heterocycles. The third kappa shape index (κ3) is 2.61. The van der Waals surface area contributed by atoms with Crippen molar-refractivity contribution in [2.45, 2.75) is 86.8 Å². The predicted molar refractivity (Wildman–Crippen MR) is 99.2 cm³/mol. The summed E-state index contributed by atoms with van der Waals surface area (Å²) < 4.78 is 62.3. The van der Waals surface area contributed by atoms with Gasteiger partial charge >= 0.3 is 15.4 Å². The zero-order valence-electron chi connectivity index (χ0n) is 16.5. The van der Waals surface area contributed by atoms with E-state index in [1.54, 1.807) is 0 Å². The first kappa shape index (κ1) is 19.4. The van der Waals surface area contributed by atoms with Gasteiger partial charge in [-0.3, -0.25) is 4.18 Å². The van der Waals surface area contributed by atoms with Crippen molar-refractivity contribution in [1.29, 1.82) is 0 Å². The molecule has 0 radical (unpaired) electrons. The van der Waals surface area contributed by atoms with Gasteiger partial charge < -0.3 is 10.2 Å². The summed E-state index contributed by atoms with van der Waals surface area (Å²) in [6.07, 6.45) is 4.90. The van der Waals surface area contributed by atoms with Crippen LogP contribution in [0.2, 0.25) is 0 Å². The Morgan fingerprint density at radius 1 is 0.759 bits per heavy atom. The molecule has 29 heavy (non-hydrogen) atoms. The fourth-order valence-corrected chi connectivity index (χ4v) is 10.5. The summed E-state index contributed by atoms with van der Waals surface area (Å²) >= 11 is 0. The van der Waals surface area contributed by atoms with Crippen molar-refractivity contribution in [1.82, 2.24) is 0 Å². The van der Waals surface area contributed by atoms with Gasteiger partial charge in [-0.15, -0.1) is 0 Å². The molecule has 8 saturated carbocycles. The molecule has 6 unspecified atom stereocenters. The quantitative estimate of drug-likeness (QED) is 0.667. The molecule has 0 aliphatic heterocycles. The molecule has 8 bridgehead atoms. The summed E-state index contributed by atoms with van der Waals surface area (Å²) in [5.41, 5.74) is -2.95. The second kappa shape index (κ2) is 5.73. The Labute approximate surface area is 170 Å². The standard InChI is InChI=1S/C21H30F2O5S/c22-21(23,17-15-3-11-1-12(4-15)8-19(17,24)7-11)29(26,27)28-18-16-5-13-2-14(6-16)10-20(18,25)9-13/h11-18,24-25H,1-10H2. The van der Waals surface area contributed by atoms with Gasteiger partial charge in [-0.05, 0) is 99.7 Å². The van der Waals surface area contributed by atoms with Crippen molar-refractivity contribution in [2.24, 2.45) is 41.4 Å². The minimum atomic E-state index is -5.28. The smallest absolute Gasteiger partial charge is 0.375 e. The lowest BCUT2D eigenvalue weighted by Gasteiger charge is -2.60. The van der Waals surface area contributed by atoms with Crippen molar-refractivity contribution in [3.8, 4) is 0 Å². The maximum Gasteiger partial charge on any atom is 0.375 e. The third-order valence-corrected chi connectivity index (χ3v) is 10.8. The van der Waals surface area contributed by atoms with E-state index < -0.39 is 44.5 Å². The summed E-state index contributed by atoms with van der Waals surface area (Å²) in [4.78, 5) is 0. The van der Waals surface area contributed by atoms with E-state index in [2.05, 4.69) is 0 Å².